The Hall–Kier alpha value is -2.17. The summed E-state index contributed by atoms with van der Waals surface area (Å²) >= 11 is 0. The molecular weight excluding hydrogens is 304 g/mol. The minimum absolute atomic E-state index is 0.0783. The van der Waals surface area contributed by atoms with E-state index >= 15 is 0 Å². The van der Waals surface area contributed by atoms with Gasteiger partial charge in [-0.25, -0.2) is 0 Å². The van der Waals surface area contributed by atoms with E-state index < -0.39 is 0 Å². The van der Waals surface area contributed by atoms with Gasteiger partial charge in [0.2, 0.25) is 17.7 Å². The molecule has 0 aromatic heterocycles. The molecule has 1 aromatic carbocycles. The van der Waals surface area contributed by atoms with Crippen LogP contribution in [-0.2, 0) is 20.8 Å². The number of anilines is 1. The molecule has 0 radical (unpaired) electrons. The summed E-state index contributed by atoms with van der Waals surface area (Å²) < 4.78 is 0. The summed E-state index contributed by atoms with van der Waals surface area (Å²) in [5, 5.41) is 2.84. The van der Waals surface area contributed by atoms with Crippen LogP contribution in [0.1, 0.15) is 44.6 Å². The molecule has 1 aliphatic carbocycles. The number of amides is 3. The molecule has 0 spiro atoms. The molecule has 3 rings (SSSR count). The van der Waals surface area contributed by atoms with Gasteiger partial charge >= 0.3 is 0 Å². The maximum atomic E-state index is 12.4. The van der Waals surface area contributed by atoms with Crippen molar-refractivity contribution in [2.75, 3.05) is 11.9 Å². The van der Waals surface area contributed by atoms with Gasteiger partial charge in [0.25, 0.3) is 0 Å². The second kappa shape index (κ2) is 7.16. The van der Waals surface area contributed by atoms with E-state index in [1.807, 2.05) is 24.3 Å². The van der Waals surface area contributed by atoms with Gasteiger partial charge in [0.1, 0.15) is 0 Å². The first-order valence-electron chi connectivity index (χ1n) is 8.84. The second-order valence-electron chi connectivity index (χ2n) is 6.68. The molecule has 1 saturated heterocycles. The van der Waals surface area contributed by atoms with Crippen LogP contribution in [0.4, 0.5) is 5.69 Å². The number of imide groups is 1. The van der Waals surface area contributed by atoms with Crippen LogP contribution in [0.3, 0.4) is 0 Å². The third-order valence-electron chi connectivity index (χ3n) is 5.11. The lowest BCUT2D eigenvalue weighted by Gasteiger charge is -2.19. The molecule has 128 valence electrons. The highest BCUT2D eigenvalue weighted by Crippen LogP contribution is 2.37. The van der Waals surface area contributed by atoms with Gasteiger partial charge in [-0.1, -0.05) is 31.9 Å². The average molecular weight is 328 g/mol. The van der Waals surface area contributed by atoms with Crippen molar-refractivity contribution in [2.45, 2.75) is 45.4 Å². The van der Waals surface area contributed by atoms with Crippen LogP contribution in [0.15, 0.2) is 24.3 Å². The van der Waals surface area contributed by atoms with Gasteiger partial charge < -0.3 is 5.32 Å². The second-order valence-corrected chi connectivity index (χ2v) is 6.68. The Morgan fingerprint density at radius 1 is 1.17 bits per heavy atom. The fourth-order valence-electron chi connectivity index (χ4n) is 3.76. The Bertz CT molecular complexity index is 632. The lowest BCUT2D eigenvalue weighted by atomic mass is 9.81. The fraction of sp³-hybridized carbons (Fsp3) is 0.526. The summed E-state index contributed by atoms with van der Waals surface area (Å²) in [5.41, 5.74) is 1.91. The first-order valence-corrected chi connectivity index (χ1v) is 8.84. The van der Waals surface area contributed by atoms with Crippen LogP contribution in [0.25, 0.3) is 0 Å². The van der Waals surface area contributed by atoms with Crippen LogP contribution in [0.2, 0.25) is 0 Å². The number of nitrogens with one attached hydrogen (secondary N) is 1. The van der Waals surface area contributed by atoms with Crippen molar-refractivity contribution >= 4 is 23.4 Å². The number of likely N-dealkylation sites (tertiary alicyclic amines) is 1. The monoisotopic (exact) mass is 328 g/mol. The molecule has 24 heavy (non-hydrogen) atoms. The van der Waals surface area contributed by atoms with Crippen molar-refractivity contribution in [1.29, 1.82) is 0 Å². The summed E-state index contributed by atoms with van der Waals surface area (Å²) in [6, 6.07) is 7.71. The van der Waals surface area contributed by atoms with E-state index in [-0.39, 0.29) is 42.5 Å². The highest BCUT2D eigenvalue weighted by Gasteiger charge is 2.47. The van der Waals surface area contributed by atoms with Crippen LogP contribution in [0, 0.1) is 11.8 Å². The lowest BCUT2D eigenvalue weighted by molar-refractivity contribution is -0.140. The minimum atomic E-state index is -0.168. The summed E-state index contributed by atoms with van der Waals surface area (Å²) in [5.74, 6) is -0.610. The Kier molecular flexibility index (Phi) is 4.97. The highest BCUT2D eigenvalue weighted by molar-refractivity contribution is 6.05. The number of benzene rings is 1. The molecule has 5 nitrogen and oxygen atoms in total. The zero-order chi connectivity index (χ0) is 17.1. The number of nitrogens with zero attached hydrogens (tertiary/aromatic N) is 1. The zero-order valence-electron chi connectivity index (χ0n) is 14.1. The molecule has 2 unspecified atom stereocenters. The molecule has 5 heteroatoms. The molecule has 2 atom stereocenters. The van der Waals surface area contributed by atoms with Gasteiger partial charge in [0.05, 0.1) is 11.8 Å². The number of hydrogen-bond acceptors (Lipinski definition) is 3. The van der Waals surface area contributed by atoms with Gasteiger partial charge in [-0.05, 0) is 37.0 Å². The van der Waals surface area contributed by atoms with E-state index in [1.165, 1.54) is 4.90 Å². The topological polar surface area (TPSA) is 66.5 Å². The number of carbonyl (C=O) groups is 3. The van der Waals surface area contributed by atoms with Gasteiger partial charge in [-0.3, -0.25) is 19.3 Å². The smallest absolute Gasteiger partial charge is 0.233 e. The Labute approximate surface area is 142 Å². The van der Waals surface area contributed by atoms with Gasteiger partial charge in [-0.15, -0.1) is 0 Å². The molecule has 2 aliphatic rings. The van der Waals surface area contributed by atoms with Crippen molar-refractivity contribution in [2.24, 2.45) is 11.8 Å². The molecule has 1 aliphatic heterocycles. The molecule has 0 bridgehead atoms. The molecule has 2 fully saturated rings. The minimum Gasteiger partial charge on any atom is -0.326 e. The summed E-state index contributed by atoms with van der Waals surface area (Å²) in [4.78, 5) is 38.2. The van der Waals surface area contributed by atoms with Crippen molar-refractivity contribution in [1.82, 2.24) is 4.90 Å². The van der Waals surface area contributed by atoms with E-state index in [4.69, 9.17) is 0 Å². The quantitative estimate of drug-likeness (QED) is 0.845. The van der Waals surface area contributed by atoms with Crippen LogP contribution < -0.4 is 5.32 Å². The Morgan fingerprint density at radius 3 is 2.46 bits per heavy atom. The number of fused-ring (bicyclic) bond motifs is 1. The number of carbonyl (C=O) groups excluding carboxylic acids is 3. The average Bonchev–Trinajstić information content (AvgIpc) is 2.84. The maximum Gasteiger partial charge on any atom is 0.233 e. The Balaban J connectivity index is 1.56. The number of aryl methyl sites for hydroxylation is 1. The number of hydrogen-bond donors (Lipinski definition) is 1. The van der Waals surface area contributed by atoms with Crippen LogP contribution in [0.5, 0.6) is 0 Å². The molecule has 3 amide bonds. The summed E-state index contributed by atoms with van der Waals surface area (Å²) in [6.07, 6.45) is 4.70. The normalized spacial score (nSPS) is 23.3. The third-order valence-corrected chi connectivity index (χ3v) is 5.11. The van der Waals surface area contributed by atoms with Gasteiger partial charge in [-0.2, -0.15) is 0 Å². The zero-order valence-corrected chi connectivity index (χ0v) is 14.1. The van der Waals surface area contributed by atoms with E-state index in [0.29, 0.717) is 0 Å². The Morgan fingerprint density at radius 2 is 1.83 bits per heavy atom. The third kappa shape index (κ3) is 3.35. The van der Waals surface area contributed by atoms with Crippen molar-refractivity contribution in [3.05, 3.63) is 29.8 Å². The largest absolute Gasteiger partial charge is 0.326 e. The van der Waals surface area contributed by atoms with Gasteiger partial charge in [0.15, 0.2) is 0 Å². The van der Waals surface area contributed by atoms with E-state index in [1.54, 1.807) is 0 Å². The summed E-state index contributed by atoms with van der Waals surface area (Å²) in [6.45, 7) is 2.24. The van der Waals surface area contributed by atoms with Crippen LogP contribution >= 0.6 is 0 Å². The van der Waals surface area contributed by atoms with Crippen molar-refractivity contribution < 1.29 is 14.4 Å². The number of rotatable bonds is 5. The SMILES string of the molecule is CCc1cccc(NC(=O)CCN2C(=O)C3CCCCC3C2=O)c1. The van der Waals surface area contributed by atoms with Crippen molar-refractivity contribution in [3.8, 4) is 0 Å². The van der Waals surface area contributed by atoms with Crippen LogP contribution in [-0.4, -0.2) is 29.2 Å². The lowest BCUT2D eigenvalue weighted by Crippen LogP contribution is -2.34. The molecule has 1 N–H and O–H groups in total. The fourth-order valence-corrected chi connectivity index (χ4v) is 3.76. The predicted octanol–water partition coefficient (Wildman–Crippen LogP) is 2.75. The van der Waals surface area contributed by atoms with E-state index in [2.05, 4.69) is 12.2 Å². The molecule has 1 aromatic rings. The highest BCUT2D eigenvalue weighted by atomic mass is 16.2. The molecular formula is C19H24N2O3. The van der Waals surface area contributed by atoms with E-state index in [9.17, 15) is 14.4 Å². The standard InChI is InChI=1S/C19H24N2O3/c1-2-13-6-5-7-14(12-13)20-17(22)10-11-21-18(23)15-8-3-4-9-16(15)19(21)24/h5-7,12,15-16H,2-4,8-11H2,1H3,(H,20,22). The molecule has 1 heterocycles. The van der Waals surface area contributed by atoms with Gasteiger partial charge in [0, 0.05) is 18.7 Å². The van der Waals surface area contributed by atoms with E-state index in [0.717, 1.165) is 43.4 Å². The molecule has 1 saturated carbocycles. The summed E-state index contributed by atoms with van der Waals surface area (Å²) in [7, 11) is 0. The van der Waals surface area contributed by atoms with Crippen molar-refractivity contribution in [3.63, 3.8) is 0 Å². The maximum absolute atomic E-state index is 12.4. The first kappa shape index (κ1) is 16.7. The first-order chi connectivity index (χ1) is 11.6. The predicted molar refractivity (Wildman–Crippen MR) is 91.2 cm³/mol.